The zero-order valence-electron chi connectivity index (χ0n) is 20.0. The number of hydrogen-bond acceptors (Lipinski definition) is 5. The maximum absolute atomic E-state index is 13.9. The molecule has 5 rings (SSSR count). The number of methoxy groups -OCH3 is 1. The second-order valence-corrected chi connectivity index (χ2v) is 8.82. The molecule has 0 aliphatic rings. The van der Waals surface area contributed by atoms with Crippen molar-refractivity contribution in [1.29, 1.82) is 0 Å². The maximum Gasteiger partial charge on any atom is 0.180 e. The minimum Gasteiger partial charge on any atom is -0.385 e. The van der Waals surface area contributed by atoms with Crippen molar-refractivity contribution < 1.29 is 9.13 Å². The van der Waals surface area contributed by atoms with Crippen LogP contribution in [0.2, 0.25) is 0 Å². The van der Waals surface area contributed by atoms with Crippen LogP contribution in [0.3, 0.4) is 0 Å². The van der Waals surface area contributed by atoms with Gasteiger partial charge in [-0.1, -0.05) is 25.1 Å². The molecule has 0 saturated heterocycles. The third-order valence-electron chi connectivity index (χ3n) is 6.37. The molecule has 35 heavy (non-hydrogen) atoms. The number of ether oxygens (including phenoxy) is 1. The first-order valence-electron chi connectivity index (χ1n) is 11.9. The first kappa shape index (κ1) is 23.0. The first-order valence-corrected chi connectivity index (χ1v) is 11.9. The van der Waals surface area contributed by atoms with Gasteiger partial charge in [-0.25, -0.2) is 14.4 Å². The van der Waals surface area contributed by atoms with Crippen LogP contribution in [0.4, 0.5) is 10.2 Å². The lowest BCUT2D eigenvalue weighted by atomic mass is 10.0. The molecule has 8 heteroatoms. The Balaban J connectivity index is 1.46. The Morgan fingerprint density at radius 1 is 1.20 bits per heavy atom. The average Bonchev–Trinajstić information content (AvgIpc) is 3.49. The predicted molar refractivity (Wildman–Crippen MR) is 136 cm³/mol. The number of hydrogen-bond donors (Lipinski definition) is 2. The van der Waals surface area contributed by atoms with Crippen LogP contribution in [-0.2, 0) is 11.2 Å². The summed E-state index contributed by atoms with van der Waals surface area (Å²) in [5, 5.41) is 4.70. The summed E-state index contributed by atoms with van der Waals surface area (Å²) in [6.45, 7) is 3.59. The number of pyridine rings is 1. The van der Waals surface area contributed by atoms with Gasteiger partial charge in [0.05, 0.1) is 11.9 Å². The number of para-hydroxylation sites is 1. The van der Waals surface area contributed by atoms with Crippen molar-refractivity contribution >= 4 is 22.4 Å². The fourth-order valence-corrected chi connectivity index (χ4v) is 4.52. The largest absolute Gasteiger partial charge is 0.385 e. The second-order valence-electron chi connectivity index (χ2n) is 8.82. The fraction of sp³-hybridized carbons (Fsp3) is 0.296. The molecule has 0 radical (unpaired) electrons. The smallest absolute Gasteiger partial charge is 0.180 e. The molecule has 5 aromatic rings. The van der Waals surface area contributed by atoms with Crippen LogP contribution in [0.15, 0.2) is 61.3 Å². The van der Waals surface area contributed by atoms with Gasteiger partial charge in [-0.15, -0.1) is 0 Å². The molecule has 0 saturated carbocycles. The molecule has 180 valence electrons. The van der Waals surface area contributed by atoms with Gasteiger partial charge in [0, 0.05) is 67.2 Å². The van der Waals surface area contributed by atoms with E-state index >= 15 is 0 Å². The van der Waals surface area contributed by atoms with Gasteiger partial charge in [0.15, 0.2) is 11.5 Å². The zero-order chi connectivity index (χ0) is 24.2. The van der Waals surface area contributed by atoms with Crippen LogP contribution < -0.4 is 5.32 Å². The topological polar surface area (TPSA) is 80.1 Å². The third kappa shape index (κ3) is 4.88. The van der Waals surface area contributed by atoms with E-state index in [1.807, 2.05) is 18.5 Å². The Bertz CT molecular complexity index is 1440. The molecule has 0 aliphatic carbocycles. The Morgan fingerprint density at radius 3 is 2.94 bits per heavy atom. The summed E-state index contributed by atoms with van der Waals surface area (Å²) < 4.78 is 21.2. The molecule has 1 aromatic carbocycles. The van der Waals surface area contributed by atoms with E-state index in [0.717, 1.165) is 42.7 Å². The van der Waals surface area contributed by atoms with Gasteiger partial charge in [-0.3, -0.25) is 9.38 Å². The monoisotopic (exact) mass is 472 g/mol. The van der Waals surface area contributed by atoms with Crippen LogP contribution in [-0.4, -0.2) is 44.6 Å². The number of nitrogens with zero attached hydrogens (tertiary/aromatic N) is 4. The van der Waals surface area contributed by atoms with Crippen LogP contribution in [0.25, 0.3) is 27.8 Å². The average molecular weight is 473 g/mol. The van der Waals surface area contributed by atoms with Gasteiger partial charge in [0.1, 0.15) is 5.82 Å². The van der Waals surface area contributed by atoms with Gasteiger partial charge < -0.3 is 15.0 Å². The molecule has 1 atom stereocenters. The van der Waals surface area contributed by atoms with E-state index in [0.29, 0.717) is 23.6 Å². The molecular weight excluding hydrogens is 443 g/mol. The lowest BCUT2D eigenvalue weighted by molar-refractivity contribution is 0.191. The van der Waals surface area contributed by atoms with Crippen LogP contribution in [0, 0.1) is 5.82 Å². The summed E-state index contributed by atoms with van der Waals surface area (Å²) in [6, 6.07) is 9.74. The number of benzene rings is 1. The number of imidazole rings is 1. The van der Waals surface area contributed by atoms with E-state index in [1.54, 1.807) is 13.3 Å². The van der Waals surface area contributed by atoms with Crippen molar-refractivity contribution in [3.63, 3.8) is 0 Å². The summed E-state index contributed by atoms with van der Waals surface area (Å²) >= 11 is 0. The molecule has 2 N–H and O–H groups in total. The Hall–Kier alpha value is -3.78. The highest BCUT2D eigenvalue weighted by atomic mass is 19.1. The molecule has 0 bridgehead atoms. The van der Waals surface area contributed by atoms with Gasteiger partial charge in [0.2, 0.25) is 0 Å². The van der Waals surface area contributed by atoms with E-state index < -0.39 is 5.82 Å². The first-order chi connectivity index (χ1) is 17.1. The van der Waals surface area contributed by atoms with E-state index in [9.17, 15) is 4.39 Å². The highest BCUT2D eigenvalue weighted by molar-refractivity contribution is 5.83. The maximum atomic E-state index is 13.9. The second kappa shape index (κ2) is 10.2. The molecule has 0 aliphatic heterocycles. The van der Waals surface area contributed by atoms with Crippen molar-refractivity contribution in [2.45, 2.75) is 32.1 Å². The summed E-state index contributed by atoms with van der Waals surface area (Å²) in [5.41, 5.74) is 5.48. The lowest BCUT2D eigenvalue weighted by Crippen LogP contribution is -2.10. The summed E-state index contributed by atoms with van der Waals surface area (Å²) in [7, 11) is 1.72. The van der Waals surface area contributed by atoms with Crippen molar-refractivity contribution in [3.8, 4) is 11.3 Å². The molecular formula is C27H29FN6O. The molecule has 4 aromatic heterocycles. The summed E-state index contributed by atoms with van der Waals surface area (Å²) in [4.78, 5) is 16.8. The lowest BCUT2D eigenvalue weighted by Gasteiger charge is -2.14. The Kier molecular flexibility index (Phi) is 6.72. The number of fused-ring (bicyclic) bond motifs is 2. The van der Waals surface area contributed by atoms with Crippen molar-refractivity contribution in [1.82, 2.24) is 24.3 Å². The Labute approximate surface area is 203 Å². The number of aromatic amines is 1. The van der Waals surface area contributed by atoms with Crippen molar-refractivity contribution in [3.05, 3.63) is 78.4 Å². The number of nitrogens with one attached hydrogen (secondary N) is 2. The van der Waals surface area contributed by atoms with E-state index in [1.165, 1.54) is 23.2 Å². The summed E-state index contributed by atoms with van der Waals surface area (Å²) in [6.07, 6.45) is 11.5. The van der Waals surface area contributed by atoms with Crippen LogP contribution in [0.1, 0.15) is 36.9 Å². The fourth-order valence-electron chi connectivity index (χ4n) is 4.52. The third-order valence-corrected chi connectivity index (χ3v) is 6.37. The molecule has 4 heterocycles. The van der Waals surface area contributed by atoms with Crippen LogP contribution in [0.5, 0.6) is 0 Å². The van der Waals surface area contributed by atoms with E-state index in [2.05, 4.69) is 51.0 Å². The van der Waals surface area contributed by atoms with Crippen molar-refractivity contribution in [2.24, 2.45) is 0 Å². The number of halogens is 1. The van der Waals surface area contributed by atoms with E-state index in [4.69, 9.17) is 14.7 Å². The standard InChI is InChI=1S/C27H29FN6O/c1-18(6-5-11-35-2)25-16-32-27-26(30-10-9-19-14-31-23-8-4-3-7-22(19)23)33-24(17-34(25)27)20-12-21(28)15-29-13-20/h3-4,7-8,12-18,31H,5-6,9-11H2,1-2H3,(H,30,33). The van der Waals surface area contributed by atoms with Gasteiger partial charge in [0.25, 0.3) is 0 Å². The molecule has 0 amide bonds. The minimum atomic E-state index is -0.392. The molecule has 1 unspecified atom stereocenters. The number of aromatic nitrogens is 5. The molecule has 0 spiro atoms. The van der Waals surface area contributed by atoms with Gasteiger partial charge >= 0.3 is 0 Å². The highest BCUT2D eigenvalue weighted by Crippen LogP contribution is 2.28. The zero-order valence-corrected chi connectivity index (χ0v) is 20.0. The predicted octanol–water partition coefficient (Wildman–Crippen LogP) is 5.60. The summed E-state index contributed by atoms with van der Waals surface area (Å²) in [5.74, 6) is 0.555. The number of rotatable bonds is 10. The van der Waals surface area contributed by atoms with E-state index in [-0.39, 0.29) is 5.92 Å². The Morgan fingerprint density at radius 2 is 2.09 bits per heavy atom. The quantitative estimate of drug-likeness (QED) is 0.259. The van der Waals surface area contributed by atoms with Gasteiger partial charge in [-0.2, -0.15) is 0 Å². The normalized spacial score (nSPS) is 12.4. The van der Waals surface area contributed by atoms with Gasteiger partial charge in [-0.05, 0) is 42.9 Å². The molecule has 7 nitrogen and oxygen atoms in total. The van der Waals surface area contributed by atoms with Crippen LogP contribution >= 0.6 is 0 Å². The number of H-pyrrole nitrogens is 1. The highest BCUT2D eigenvalue weighted by Gasteiger charge is 2.17. The van der Waals surface area contributed by atoms with Crippen molar-refractivity contribution in [2.75, 3.05) is 25.6 Å². The minimum absolute atomic E-state index is 0.278. The SMILES string of the molecule is COCCCC(C)c1cnc2c(NCCc3c[nH]c4ccccc34)nc(-c3cncc(F)c3)cn12. The molecule has 0 fully saturated rings. The number of anilines is 1.